The fourth-order valence-corrected chi connectivity index (χ4v) is 2.38. The third-order valence-electron chi connectivity index (χ3n) is 3.45. The molecule has 0 bridgehead atoms. The fraction of sp³-hybridized carbons (Fsp3) is 0.167. The molecular formula is C18H15Cl2N3O5. The Morgan fingerprint density at radius 1 is 1.18 bits per heavy atom. The fourth-order valence-electron chi connectivity index (χ4n) is 2.09. The van der Waals surface area contributed by atoms with Gasteiger partial charge in [-0.1, -0.05) is 23.2 Å². The van der Waals surface area contributed by atoms with Crippen LogP contribution in [0.2, 0.25) is 5.02 Å². The van der Waals surface area contributed by atoms with E-state index >= 15 is 0 Å². The summed E-state index contributed by atoms with van der Waals surface area (Å²) in [6, 6.07) is 10.9. The van der Waals surface area contributed by atoms with Gasteiger partial charge in [-0.3, -0.25) is 14.4 Å². The van der Waals surface area contributed by atoms with Gasteiger partial charge in [-0.2, -0.15) is 10.2 Å². The van der Waals surface area contributed by atoms with E-state index in [1.54, 1.807) is 24.3 Å². The minimum atomic E-state index is -1.46. The van der Waals surface area contributed by atoms with Crippen molar-refractivity contribution >= 4 is 46.5 Å². The number of hydrogen-bond donors (Lipinski definition) is 2. The van der Waals surface area contributed by atoms with E-state index in [4.69, 9.17) is 33.0 Å². The van der Waals surface area contributed by atoms with E-state index in [0.717, 1.165) is 0 Å². The summed E-state index contributed by atoms with van der Waals surface area (Å²) in [5, 5.41) is 18.4. The first-order chi connectivity index (χ1) is 13.3. The van der Waals surface area contributed by atoms with Crippen molar-refractivity contribution in [1.82, 2.24) is 5.32 Å². The molecule has 8 nitrogen and oxygen atoms in total. The number of azo groups is 1. The lowest BCUT2D eigenvalue weighted by atomic mass is 10.0. The molecule has 0 saturated heterocycles. The second-order valence-corrected chi connectivity index (χ2v) is 6.23. The molecule has 0 aliphatic carbocycles. The van der Waals surface area contributed by atoms with E-state index in [-0.39, 0.29) is 17.0 Å². The van der Waals surface area contributed by atoms with Crippen molar-refractivity contribution < 1.29 is 24.2 Å². The molecule has 0 spiro atoms. The molecule has 0 aliphatic rings. The Morgan fingerprint density at radius 3 is 2.46 bits per heavy atom. The zero-order chi connectivity index (χ0) is 20.7. The molecule has 2 aromatic rings. The molecule has 1 atom stereocenters. The number of alkyl halides is 1. The van der Waals surface area contributed by atoms with Crippen LogP contribution in [0.25, 0.3) is 0 Å². The van der Waals surface area contributed by atoms with Crippen molar-refractivity contribution in [3.8, 4) is 5.75 Å². The predicted molar refractivity (Wildman–Crippen MR) is 103 cm³/mol. The molecule has 146 valence electrons. The number of ketones is 1. The third-order valence-corrected chi connectivity index (χ3v) is 3.97. The summed E-state index contributed by atoms with van der Waals surface area (Å²) in [6.07, 6.45) is 0. The van der Waals surface area contributed by atoms with Crippen molar-refractivity contribution in [3.05, 3.63) is 58.6 Å². The molecule has 1 unspecified atom stereocenters. The van der Waals surface area contributed by atoms with Crippen LogP contribution in [0.3, 0.4) is 0 Å². The molecule has 28 heavy (non-hydrogen) atoms. The Bertz CT molecular complexity index is 916. The zero-order valence-corrected chi connectivity index (χ0v) is 16.1. The number of carbonyl (C=O) groups excluding carboxylic acids is 2. The van der Waals surface area contributed by atoms with E-state index in [1.165, 1.54) is 25.3 Å². The SMILES string of the molecule is COc1ccc(C(=O)c2cc(Cl)ccc2N=NC(Cl)C(=O)NCC(=O)O)cc1. The summed E-state index contributed by atoms with van der Waals surface area (Å²) in [5.41, 5.74) is -0.766. The van der Waals surface area contributed by atoms with Gasteiger partial charge >= 0.3 is 5.97 Å². The monoisotopic (exact) mass is 423 g/mol. The van der Waals surface area contributed by atoms with Crippen LogP contribution >= 0.6 is 23.2 Å². The van der Waals surface area contributed by atoms with Crippen molar-refractivity contribution in [2.45, 2.75) is 5.50 Å². The van der Waals surface area contributed by atoms with Gasteiger partial charge in [0, 0.05) is 10.6 Å². The summed E-state index contributed by atoms with van der Waals surface area (Å²) >= 11 is 11.8. The van der Waals surface area contributed by atoms with Gasteiger partial charge in [0.15, 0.2) is 5.78 Å². The first-order valence-corrected chi connectivity index (χ1v) is 8.66. The number of carboxylic acids is 1. The Hall–Kier alpha value is -2.97. The summed E-state index contributed by atoms with van der Waals surface area (Å²) in [7, 11) is 1.52. The third kappa shape index (κ3) is 5.77. The van der Waals surface area contributed by atoms with Crippen LogP contribution in [0.4, 0.5) is 5.69 Å². The van der Waals surface area contributed by atoms with Gasteiger partial charge in [-0.15, -0.1) is 0 Å². The molecule has 0 radical (unpaired) electrons. The highest BCUT2D eigenvalue weighted by molar-refractivity contribution is 6.31. The number of halogens is 2. The average molecular weight is 424 g/mol. The maximum Gasteiger partial charge on any atom is 0.322 e. The van der Waals surface area contributed by atoms with Crippen molar-refractivity contribution in [2.24, 2.45) is 10.2 Å². The maximum absolute atomic E-state index is 12.8. The van der Waals surface area contributed by atoms with E-state index in [0.29, 0.717) is 16.3 Å². The molecule has 0 aliphatic heterocycles. The second-order valence-electron chi connectivity index (χ2n) is 5.38. The lowest BCUT2D eigenvalue weighted by Gasteiger charge is -2.07. The molecule has 0 aromatic heterocycles. The van der Waals surface area contributed by atoms with Gasteiger partial charge in [0.1, 0.15) is 12.3 Å². The zero-order valence-electron chi connectivity index (χ0n) is 14.6. The van der Waals surface area contributed by atoms with Gasteiger partial charge in [-0.25, -0.2) is 0 Å². The number of carboxylic acid groups (broad SMARTS) is 1. The van der Waals surface area contributed by atoms with Crippen molar-refractivity contribution in [1.29, 1.82) is 0 Å². The molecule has 2 aromatic carbocycles. The largest absolute Gasteiger partial charge is 0.497 e. The smallest absolute Gasteiger partial charge is 0.322 e. The number of benzene rings is 2. The number of aliphatic carboxylic acids is 1. The summed E-state index contributed by atoms with van der Waals surface area (Å²) in [5.74, 6) is -1.82. The molecule has 0 fully saturated rings. The highest BCUT2D eigenvalue weighted by Crippen LogP contribution is 2.27. The summed E-state index contributed by atoms with van der Waals surface area (Å²) in [4.78, 5) is 34.9. The van der Waals surface area contributed by atoms with Gasteiger partial charge in [-0.05, 0) is 42.5 Å². The van der Waals surface area contributed by atoms with E-state index in [1.807, 2.05) is 0 Å². The number of ether oxygens (including phenoxy) is 1. The molecule has 0 saturated carbocycles. The van der Waals surface area contributed by atoms with Crippen LogP contribution in [-0.2, 0) is 9.59 Å². The van der Waals surface area contributed by atoms with E-state index in [9.17, 15) is 14.4 Å². The van der Waals surface area contributed by atoms with Gasteiger partial charge in [0.25, 0.3) is 5.91 Å². The van der Waals surface area contributed by atoms with Crippen LogP contribution in [0.15, 0.2) is 52.7 Å². The predicted octanol–water partition coefficient (Wildman–Crippen LogP) is 3.43. The van der Waals surface area contributed by atoms with Crippen molar-refractivity contribution in [3.63, 3.8) is 0 Å². The average Bonchev–Trinajstić information content (AvgIpc) is 2.70. The number of nitrogens with zero attached hydrogens (tertiary/aromatic N) is 2. The Morgan fingerprint density at radius 2 is 1.86 bits per heavy atom. The van der Waals surface area contributed by atoms with Crippen LogP contribution in [0, 0.1) is 0 Å². The highest BCUT2D eigenvalue weighted by Gasteiger charge is 2.17. The van der Waals surface area contributed by atoms with E-state index in [2.05, 4.69) is 15.5 Å². The standard InChI is InChI=1S/C18H15Cl2N3O5/c1-28-12-5-2-10(3-6-12)16(26)13-8-11(19)4-7-14(13)22-23-17(20)18(27)21-9-15(24)25/h2-8,17H,9H2,1H3,(H,21,27)(H,24,25). The number of carbonyl (C=O) groups is 3. The first-order valence-electron chi connectivity index (χ1n) is 7.84. The molecular weight excluding hydrogens is 409 g/mol. The molecule has 1 amide bonds. The van der Waals surface area contributed by atoms with Crippen LogP contribution in [0.1, 0.15) is 15.9 Å². The van der Waals surface area contributed by atoms with Gasteiger partial charge in [0.2, 0.25) is 5.50 Å². The highest BCUT2D eigenvalue weighted by atomic mass is 35.5. The second kappa shape index (κ2) is 9.82. The quantitative estimate of drug-likeness (QED) is 0.291. The molecule has 10 heteroatoms. The molecule has 2 rings (SSSR count). The van der Waals surface area contributed by atoms with Crippen LogP contribution < -0.4 is 10.1 Å². The van der Waals surface area contributed by atoms with Crippen molar-refractivity contribution in [2.75, 3.05) is 13.7 Å². The van der Waals surface area contributed by atoms with Gasteiger partial charge in [0.05, 0.1) is 18.4 Å². The normalized spacial score (nSPS) is 11.8. The number of amides is 1. The summed E-state index contributed by atoms with van der Waals surface area (Å²) < 4.78 is 5.06. The van der Waals surface area contributed by atoms with Crippen LogP contribution in [-0.4, -0.2) is 41.9 Å². The number of nitrogens with one attached hydrogen (secondary N) is 1. The van der Waals surface area contributed by atoms with Gasteiger partial charge < -0.3 is 15.2 Å². The lowest BCUT2D eigenvalue weighted by molar-refractivity contribution is -0.137. The number of rotatable bonds is 8. The Labute approximate surface area is 170 Å². The van der Waals surface area contributed by atoms with Crippen LogP contribution in [0.5, 0.6) is 5.75 Å². The summed E-state index contributed by atoms with van der Waals surface area (Å²) in [6.45, 7) is -0.597. The number of methoxy groups -OCH3 is 1. The lowest BCUT2D eigenvalue weighted by Crippen LogP contribution is -2.34. The number of hydrogen-bond acceptors (Lipinski definition) is 6. The molecule has 2 N–H and O–H groups in total. The Balaban J connectivity index is 2.24. The Kier molecular flexibility index (Phi) is 7.48. The minimum Gasteiger partial charge on any atom is -0.497 e. The topological polar surface area (TPSA) is 117 Å². The minimum absolute atomic E-state index is 0.155. The van der Waals surface area contributed by atoms with E-state index < -0.39 is 23.9 Å². The molecule has 0 heterocycles. The first kappa shape index (κ1) is 21.3. The maximum atomic E-state index is 12.8.